The number of azo groups is 1. The van der Waals surface area contributed by atoms with Crippen LogP contribution in [-0.2, 0) is 6.54 Å². The molecule has 2 aromatic carbocycles. The lowest BCUT2D eigenvalue weighted by Crippen LogP contribution is -2.01. The summed E-state index contributed by atoms with van der Waals surface area (Å²) in [5.41, 5.74) is 8.79. The molecule has 3 N–H and O–H groups in total. The van der Waals surface area contributed by atoms with Crippen LogP contribution in [0.4, 0.5) is 5.69 Å². The van der Waals surface area contributed by atoms with Crippen LogP contribution in [0.3, 0.4) is 0 Å². The first-order chi connectivity index (χ1) is 11.1. The number of nitrogens with zero attached hydrogens (tertiary/aromatic N) is 3. The summed E-state index contributed by atoms with van der Waals surface area (Å²) in [6.45, 7) is 2.52. The van der Waals surface area contributed by atoms with Gasteiger partial charge in [-0.2, -0.15) is 0 Å². The lowest BCUT2D eigenvalue weighted by atomic mass is 10.1. The number of aryl methyl sites for hydroxylation is 1. The van der Waals surface area contributed by atoms with Crippen LogP contribution in [0.5, 0.6) is 5.88 Å². The first-order valence-corrected chi connectivity index (χ1v) is 7.54. The van der Waals surface area contributed by atoms with Crippen LogP contribution in [0, 0.1) is 6.92 Å². The van der Waals surface area contributed by atoms with Crippen molar-refractivity contribution < 1.29 is 5.11 Å². The molecule has 0 unspecified atom stereocenters. The number of aromatic hydroxyl groups is 1. The molecule has 0 saturated carbocycles. The van der Waals surface area contributed by atoms with Crippen molar-refractivity contribution in [1.29, 1.82) is 0 Å². The van der Waals surface area contributed by atoms with E-state index in [0.717, 1.165) is 22.0 Å². The Balaban J connectivity index is 2.17. The van der Waals surface area contributed by atoms with Gasteiger partial charge >= 0.3 is 0 Å². The molecule has 1 aromatic heterocycles. The number of hydrogen-bond acceptors (Lipinski definition) is 3. The SMILES string of the molecule is Cc1ccc2c(c1)c(N=NC(N)=S)c(O)n2Cc1ccccc1. The number of aromatic nitrogens is 1. The molecule has 0 aliphatic carbocycles. The van der Waals surface area contributed by atoms with Crippen molar-refractivity contribution in [2.45, 2.75) is 13.5 Å². The molecule has 0 bridgehead atoms. The van der Waals surface area contributed by atoms with Gasteiger partial charge in [0.05, 0.1) is 12.1 Å². The number of thiocarbonyl (C=S) groups is 1. The van der Waals surface area contributed by atoms with Crippen molar-refractivity contribution >= 4 is 33.9 Å². The third-order valence-corrected chi connectivity index (χ3v) is 3.68. The summed E-state index contributed by atoms with van der Waals surface area (Å²) >= 11 is 4.73. The van der Waals surface area contributed by atoms with Gasteiger partial charge in [0.2, 0.25) is 11.0 Å². The molecule has 5 nitrogen and oxygen atoms in total. The van der Waals surface area contributed by atoms with Gasteiger partial charge < -0.3 is 15.4 Å². The molecule has 1 heterocycles. The fourth-order valence-electron chi connectivity index (χ4n) is 2.56. The molecular weight excluding hydrogens is 308 g/mol. The number of fused-ring (bicyclic) bond motifs is 1. The fraction of sp³-hybridized carbons (Fsp3) is 0.118. The topological polar surface area (TPSA) is 75.9 Å². The molecule has 116 valence electrons. The summed E-state index contributed by atoms with van der Waals surface area (Å²) in [4.78, 5) is 0. The van der Waals surface area contributed by atoms with Crippen molar-refractivity contribution in [3.8, 4) is 5.88 Å². The van der Waals surface area contributed by atoms with E-state index < -0.39 is 0 Å². The van der Waals surface area contributed by atoms with Crippen LogP contribution in [-0.4, -0.2) is 14.8 Å². The van der Waals surface area contributed by atoms with Crippen LogP contribution < -0.4 is 5.73 Å². The van der Waals surface area contributed by atoms with Crippen LogP contribution in [0.1, 0.15) is 11.1 Å². The van der Waals surface area contributed by atoms with Gasteiger partial charge in [0.15, 0.2) is 5.69 Å². The van der Waals surface area contributed by atoms with Crippen LogP contribution >= 0.6 is 12.2 Å². The Morgan fingerprint density at radius 1 is 1.22 bits per heavy atom. The Labute approximate surface area is 139 Å². The summed E-state index contributed by atoms with van der Waals surface area (Å²) < 4.78 is 1.80. The highest BCUT2D eigenvalue weighted by Gasteiger charge is 2.17. The summed E-state index contributed by atoms with van der Waals surface area (Å²) in [6.07, 6.45) is 0. The van der Waals surface area contributed by atoms with Crippen molar-refractivity contribution in [3.05, 3.63) is 59.7 Å². The second-order valence-electron chi connectivity index (χ2n) is 5.30. The minimum Gasteiger partial charge on any atom is -0.493 e. The Hall–Kier alpha value is -2.73. The van der Waals surface area contributed by atoms with Gasteiger partial charge in [-0.15, -0.1) is 10.2 Å². The Kier molecular flexibility index (Phi) is 4.08. The number of nitrogens with two attached hydrogens (primary N) is 1. The van der Waals surface area contributed by atoms with Gasteiger partial charge in [0.1, 0.15) is 0 Å². The van der Waals surface area contributed by atoms with E-state index in [1.54, 1.807) is 4.57 Å². The van der Waals surface area contributed by atoms with Crippen LogP contribution in [0.15, 0.2) is 58.8 Å². The van der Waals surface area contributed by atoms with Gasteiger partial charge in [0.25, 0.3) is 0 Å². The van der Waals surface area contributed by atoms with Gasteiger partial charge in [-0.05, 0) is 36.8 Å². The molecule has 0 amide bonds. The predicted molar refractivity (Wildman–Crippen MR) is 95.2 cm³/mol. The summed E-state index contributed by atoms with van der Waals surface area (Å²) in [5, 5.41) is 19.1. The summed E-state index contributed by atoms with van der Waals surface area (Å²) in [5.74, 6) is 0.0504. The first-order valence-electron chi connectivity index (χ1n) is 7.13. The standard InChI is InChI=1S/C17H16N4OS/c1-11-7-8-14-13(9-11)15(19-20-17(18)23)16(22)21(14)10-12-5-3-2-4-6-12/h2-9,22H,10H2,1H3,(H2,18,23). The molecule has 3 aromatic rings. The molecule has 0 saturated heterocycles. The van der Waals surface area contributed by atoms with E-state index in [-0.39, 0.29) is 11.0 Å². The first kappa shape index (κ1) is 15.2. The lowest BCUT2D eigenvalue weighted by Gasteiger charge is -2.07. The lowest BCUT2D eigenvalue weighted by molar-refractivity contribution is 0.429. The van der Waals surface area contributed by atoms with E-state index in [4.69, 9.17) is 18.0 Å². The third-order valence-electron chi connectivity index (χ3n) is 3.60. The Morgan fingerprint density at radius 3 is 2.65 bits per heavy atom. The molecule has 3 rings (SSSR count). The Bertz CT molecular complexity index is 900. The maximum atomic E-state index is 10.6. The molecule has 0 aliphatic rings. The van der Waals surface area contributed by atoms with E-state index in [0.29, 0.717) is 12.2 Å². The maximum Gasteiger partial charge on any atom is 0.221 e. The zero-order valence-corrected chi connectivity index (χ0v) is 13.4. The molecule has 6 heteroatoms. The van der Waals surface area contributed by atoms with Gasteiger partial charge in [-0.1, -0.05) is 42.0 Å². The normalized spacial score (nSPS) is 11.3. The van der Waals surface area contributed by atoms with Crippen molar-refractivity contribution in [2.24, 2.45) is 16.0 Å². The van der Waals surface area contributed by atoms with E-state index in [1.165, 1.54) is 0 Å². The monoisotopic (exact) mass is 324 g/mol. The predicted octanol–water partition coefficient (Wildman–Crippen LogP) is 4.03. The number of hydrogen-bond donors (Lipinski definition) is 2. The van der Waals surface area contributed by atoms with E-state index in [9.17, 15) is 5.11 Å². The number of benzene rings is 2. The largest absolute Gasteiger partial charge is 0.493 e. The fourth-order valence-corrected chi connectivity index (χ4v) is 2.60. The van der Waals surface area contributed by atoms with E-state index >= 15 is 0 Å². The highest BCUT2D eigenvalue weighted by Crippen LogP contribution is 2.39. The smallest absolute Gasteiger partial charge is 0.221 e. The second-order valence-corrected chi connectivity index (χ2v) is 5.72. The zero-order chi connectivity index (χ0) is 16.4. The van der Waals surface area contributed by atoms with Crippen molar-refractivity contribution in [3.63, 3.8) is 0 Å². The highest BCUT2D eigenvalue weighted by molar-refractivity contribution is 7.80. The molecule has 0 radical (unpaired) electrons. The summed E-state index contributed by atoms with van der Waals surface area (Å²) in [6, 6.07) is 15.8. The summed E-state index contributed by atoms with van der Waals surface area (Å²) in [7, 11) is 0. The van der Waals surface area contributed by atoms with Crippen LogP contribution in [0.25, 0.3) is 10.9 Å². The van der Waals surface area contributed by atoms with Crippen molar-refractivity contribution in [1.82, 2.24) is 4.57 Å². The van der Waals surface area contributed by atoms with Crippen molar-refractivity contribution in [2.75, 3.05) is 0 Å². The Morgan fingerprint density at radius 2 is 1.96 bits per heavy atom. The average molecular weight is 324 g/mol. The third kappa shape index (κ3) is 3.07. The minimum atomic E-state index is -0.0685. The van der Waals surface area contributed by atoms with Gasteiger partial charge in [0, 0.05) is 5.39 Å². The second kappa shape index (κ2) is 6.18. The average Bonchev–Trinajstić information content (AvgIpc) is 2.78. The molecule has 0 atom stereocenters. The zero-order valence-electron chi connectivity index (χ0n) is 12.6. The number of rotatable bonds is 3. The highest BCUT2D eigenvalue weighted by atomic mass is 32.1. The quantitative estimate of drug-likeness (QED) is 0.564. The molecule has 0 aliphatic heterocycles. The van der Waals surface area contributed by atoms with E-state index in [1.807, 2.05) is 55.5 Å². The minimum absolute atomic E-state index is 0.0504. The molecule has 0 spiro atoms. The van der Waals surface area contributed by atoms with Gasteiger partial charge in [-0.25, -0.2) is 0 Å². The molecule has 23 heavy (non-hydrogen) atoms. The van der Waals surface area contributed by atoms with Gasteiger partial charge in [-0.3, -0.25) is 0 Å². The van der Waals surface area contributed by atoms with Crippen LogP contribution in [0.2, 0.25) is 0 Å². The maximum absolute atomic E-state index is 10.6. The molecular formula is C17H16N4OS. The molecule has 0 fully saturated rings. The van der Waals surface area contributed by atoms with E-state index in [2.05, 4.69) is 10.2 Å².